The van der Waals surface area contributed by atoms with E-state index in [4.69, 9.17) is 4.74 Å². The van der Waals surface area contributed by atoms with Gasteiger partial charge in [0.1, 0.15) is 12.3 Å². The Kier molecular flexibility index (Phi) is 4.92. The van der Waals surface area contributed by atoms with Gasteiger partial charge in [-0.2, -0.15) is 0 Å². The Hall–Kier alpha value is -2.52. The number of sulfone groups is 1. The summed E-state index contributed by atoms with van der Waals surface area (Å²) in [7, 11) is -3.33. The molecule has 3 aromatic rings. The van der Waals surface area contributed by atoms with E-state index in [2.05, 4.69) is 20.9 Å². The van der Waals surface area contributed by atoms with Crippen LogP contribution in [-0.4, -0.2) is 30.0 Å². The van der Waals surface area contributed by atoms with Crippen LogP contribution in [0.25, 0.3) is 5.65 Å². The minimum absolute atomic E-state index is 0.115. The van der Waals surface area contributed by atoms with Crippen LogP contribution in [0, 0.1) is 0 Å². The first-order valence-electron chi connectivity index (χ1n) is 7.39. The van der Waals surface area contributed by atoms with Crippen molar-refractivity contribution in [2.45, 2.75) is 11.5 Å². The van der Waals surface area contributed by atoms with Crippen LogP contribution in [0.3, 0.4) is 0 Å². The summed E-state index contributed by atoms with van der Waals surface area (Å²) < 4.78 is 30.1. The molecule has 7 nitrogen and oxygen atoms in total. The van der Waals surface area contributed by atoms with Gasteiger partial charge in [-0.25, -0.2) is 18.2 Å². The fourth-order valence-electron chi connectivity index (χ4n) is 2.26. The predicted octanol–water partition coefficient (Wildman–Crippen LogP) is 2.22. The number of pyridine rings is 1. The largest absolute Gasteiger partial charge is 0.456 e. The zero-order chi connectivity index (χ0) is 18.9. The summed E-state index contributed by atoms with van der Waals surface area (Å²) in [5.74, 6) is -0.636. The summed E-state index contributed by atoms with van der Waals surface area (Å²) in [4.78, 5) is 28.6. The van der Waals surface area contributed by atoms with Gasteiger partial charge in [0.2, 0.25) is 0 Å². The van der Waals surface area contributed by atoms with Gasteiger partial charge in [-0.3, -0.25) is 9.20 Å². The average Bonchev–Trinajstić information content (AvgIpc) is 2.59. The maximum Gasteiger partial charge on any atom is 0.338 e. The van der Waals surface area contributed by atoms with Crippen LogP contribution < -0.4 is 5.56 Å². The number of hydrogen-bond donors (Lipinski definition) is 0. The Labute approximate surface area is 157 Å². The molecule has 0 aliphatic heterocycles. The highest BCUT2D eigenvalue weighted by Crippen LogP contribution is 2.13. The lowest BCUT2D eigenvalue weighted by Crippen LogP contribution is -2.16. The van der Waals surface area contributed by atoms with Gasteiger partial charge in [-0.05, 0) is 52.3 Å². The van der Waals surface area contributed by atoms with Gasteiger partial charge in [-0.15, -0.1) is 0 Å². The number of esters is 1. The van der Waals surface area contributed by atoms with Gasteiger partial charge in [-0.1, -0.05) is 0 Å². The first-order valence-corrected chi connectivity index (χ1v) is 10.1. The van der Waals surface area contributed by atoms with Crippen molar-refractivity contribution in [3.8, 4) is 0 Å². The number of halogens is 1. The summed E-state index contributed by atoms with van der Waals surface area (Å²) in [5, 5.41) is 0. The van der Waals surface area contributed by atoms with Crippen molar-refractivity contribution in [1.82, 2.24) is 9.38 Å². The molecule has 0 saturated carbocycles. The molecule has 0 fully saturated rings. The molecule has 0 spiro atoms. The molecular weight excluding hydrogens is 424 g/mol. The minimum Gasteiger partial charge on any atom is -0.456 e. The molecule has 0 aliphatic rings. The second-order valence-corrected chi connectivity index (χ2v) is 8.47. The molecule has 0 radical (unpaired) electrons. The molecule has 0 unspecified atom stereocenters. The summed E-state index contributed by atoms with van der Waals surface area (Å²) in [6.07, 6.45) is 2.69. The van der Waals surface area contributed by atoms with Crippen LogP contribution in [0.2, 0.25) is 0 Å². The number of fused-ring (bicyclic) bond motifs is 1. The van der Waals surface area contributed by atoms with Crippen molar-refractivity contribution in [3.63, 3.8) is 0 Å². The van der Waals surface area contributed by atoms with Gasteiger partial charge in [0.05, 0.1) is 16.2 Å². The number of aromatic nitrogens is 2. The van der Waals surface area contributed by atoms with Crippen LogP contribution >= 0.6 is 15.9 Å². The van der Waals surface area contributed by atoms with Gasteiger partial charge in [0.15, 0.2) is 9.84 Å². The topological polar surface area (TPSA) is 94.8 Å². The summed E-state index contributed by atoms with van der Waals surface area (Å²) in [6.45, 7) is -0.172. The van der Waals surface area contributed by atoms with E-state index in [0.29, 0.717) is 11.3 Å². The van der Waals surface area contributed by atoms with E-state index < -0.39 is 15.8 Å². The van der Waals surface area contributed by atoms with Crippen molar-refractivity contribution in [2.75, 3.05) is 6.26 Å². The van der Waals surface area contributed by atoms with Gasteiger partial charge < -0.3 is 4.74 Å². The Bertz CT molecular complexity index is 1150. The Balaban J connectivity index is 1.76. The predicted molar refractivity (Wildman–Crippen MR) is 97.8 cm³/mol. The van der Waals surface area contributed by atoms with E-state index in [-0.39, 0.29) is 22.6 Å². The Morgan fingerprint density at radius 2 is 1.88 bits per heavy atom. The average molecular weight is 437 g/mol. The van der Waals surface area contributed by atoms with Crippen molar-refractivity contribution in [1.29, 1.82) is 0 Å². The third-order valence-electron chi connectivity index (χ3n) is 3.55. The molecule has 0 saturated heterocycles. The quantitative estimate of drug-likeness (QED) is 0.581. The first-order chi connectivity index (χ1) is 12.2. The second-order valence-electron chi connectivity index (χ2n) is 5.53. The molecule has 0 atom stereocenters. The van der Waals surface area contributed by atoms with Crippen LogP contribution in [0.1, 0.15) is 16.1 Å². The van der Waals surface area contributed by atoms with E-state index in [1.807, 2.05) is 0 Å². The Morgan fingerprint density at radius 3 is 2.54 bits per heavy atom. The molecule has 3 rings (SSSR count). The van der Waals surface area contributed by atoms with E-state index in [0.717, 1.165) is 10.7 Å². The minimum atomic E-state index is -3.33. The fraction of sp³-hybridized carbons (Fsp3) is 0.118. The van der Waals surface area contributed by atoms with Crippen molar-refractivity contribution < 1.29 is 17.9 Å². The molecule has 2 aromatic heterocycles. The monoisotopic (exact) mass is 436 g/mol. The zero-order valence-corrected chi connectivity index (χ0v) is 16.0. The lowest BCUT2D eigenvalue weighted by atomic mass is 10.2. The van der Waals surface area contributed by atoms with Gasteiger partial charge in [0.25, 0.3) is 5.56 Å². The van der Waals surface area contributed by atoms with Crippen molar-refractivity contribution >= 4 is 37.4 Å². The molecule has 134 valence electrons. The third-order valence-corrected chi connectivity index (χ3v) is 5.14. The molecule has 0 aliphatic carbocycles. The smallest absolute Gasteiger partial charge is 0.338 e. The zero-order valence-electron chi connectivity index (χ0n) is 13.5. The lowest BCUT2D eigenvalue weighted by Gasteiger charge is -2.07. The summed E-state index contributed by atoms with van der Waals surface area (Å²) in [6, 6.07) is 10.1. The molecule has 9 heteroatoms. The van der Waals surface area contributed by atoms with Crippen LogP contribution in [0.5, 0.6) is 0 Å². The molecule has 0 amide bonds. The standard InChI is InChI=1S/C17H13BrN2O5S/c1-26(23,24)14-5-2-11(3-6-14)17(22)25-10-13-8-16(21)20-9-12(18)4-7-15(20)19-13/h2-9H,10H2,1H3. The summed E-state index contributed by atoms with van der Waals surface area (Å²) >= 11 is 3.28. The summed E-state index contributed by atoms with van der Waals surface area (Å²) in [5.41, 5.74) is 0.668. The van der Waals surface area contributed by atoms with E-state index in [1.54, 1.807) is 18.3 Å². The highest BCUT2D eigenvalue weighted by atomic mass is 79.9. The van der Waals surface area contributed by atoms with Crippen LogP contribution in [0.4, 0.5) is 0 Å². The molecule has 0 bridgehead atoms. The van der Waals surface area contributed by atoms with Crippen molar-refractivity contribution in [2.24, 2.45) is 0 Å². The van der Waals surface area contributed by atoms with Crippen LogP contribution in [-0.2, 0) is 21.2 Å². The number of nitrogens with zero attached hydrogens (tertiary/aromatic N) is 2. The van der Waals surface area contributed by atoms with Crippen molar-refractivity contribution in [3.05, 3.63) is 74.7 Å². The van der Waals surface area contributed by atoms with E-state index in [1.165, 1.54) is 34.7 Å². The number of hydrogen-bond acceptors (Lipinski definition) is 6. The van der Waals surface area contributed by atoms with E-state index >= 15 is 0 Å². The van der Waals surface area contributed by atoms with E-state index in [9.17, 15) is 18.0 Å². The number of ether oxygens (including phenoxy) is 1. The maximum absolute atomic E-state index is 12.1. The Morgan fingerprint density at radius 1 is 1.19 bits per heavy atom. The first kappa shape index (κ1) is 18.3. The normalized spacial score (nSPS) is 11.5. The van der Waals surface area contributed by atoms with Crippen LogP contribution in [0.15, 0.2) is 62.8 Å². The third kappa shape index (κ3) is 4.00. The lowest BCUT2D eigenvalue weighted by molar-refractivity contribution is 0.0467. The maximum atomic E-state index is 12.1. The molecular formula is C17H13BrN2O5S. The molecule has 0 N–H and O–H groups in total. The molecule has 2 heterocycles. The van der Waals surface area contributed by atoms with Gasteiger partial charge in [0, 0.05) is 23.0 Å². The number of rotatable bonds is 4. The molecule has 1 aromatic carbocycles. The highest BCUT2D eigenvalue weighted by Gasteiger charge is 2.12. The number of carbonyl (C=O) groups excluding carboxylic acids is 1. The molecule has 26 heavy (non-hydrogen) atoms. The highest BCUT2D eigenvalue weighted by molar-refractivity contribution is 9.10. The number of benzene rings is 1. The second kappa shape index (κ2) is 7.00. The fourth-order valence-corrected chi connectivity index (χ4v) is 3.23. The SMILES string of the molecule is CS(=O)(=O)c1ccc(C(=O)OCc2cc(=O)n3cc(Br)ccc3n2)cc1. The number of carbonyl (C=O) groups is 1. The van der Waals surface area contributed by atoms with Gasteiger partial charge >= 0.3 is 5.97 Å².